The van der Waals surface area contributed by atoms with Gasteiger partial charge in [0.15, 0.2) is 0 Å². The van der Waals surface area contributed by atoms with Gasteiger partial charge in [0.25, 0.3) is 0 Å². The fourth-order valence-corrected chi connectivity index (χ4v) is 3.49. The predicted molar refractivity (Wildman–Crippen MR) is 82.3 cm³/mol. The number of benzene rings is 1. The molecule has 0 heterocycles. The van der Waals surface area contributed by atoms with Gasteiger partial charge in [0.2, 0.25) is 0 Å². The van der Waals surface area contributed by atoms with E-state index in [4.69, 9.17) is 0 Å². The molecule has 2 rings (SSSR count). The molecule has 0 aliphatic heterocycles. The van der Waals surface area contributed by atoms with E-state index in [0.29, 0.717) is 17.3 Å². The van der Waals surface area contributed by atoms with Gasteiger partial charge < -0.3 is 5.32 Å². The van der Waals surface area contributed by atoms with Crippen molar-refractivity contribution in [2.24, 2.45) is 0 Å². The molecule has 0 atom stereocenters. The van der Waals surface area contributed by atoms with Crippen molar-refractivity contribution in [2.75, 3.05) is 7.05 Å². The van der Waals surface area contributed by atoms with E-state index in [1.807, 2.05) is 7.05 Å². The van der Waals surface area contributed by atoms with Crippen LogP contribution >= 0.6 is 15.9 Å². The van der Waals surface area contributed by atoms with Gasteiger partial charge in [0.1, 0.15) is 11.6 Å². The van der Waals surface area contributed by atoms with Crippen molar-refractivity contribution in [3.63, 3.8) is 0 Å². The third-order valence-corrected chi connectivity index (χ3v) is 4.87. The van der Waals surface area contributed by atoms with Gasteiger partial charge in [0, 0.05) is 18.4 Å². The van der Waals surface area contributed by atoms with Gasteiger partial charge in [-0.1, -0.05) is 25.3 Å². The molecule has 0 bridgehead atoms. The Bertz CT molecular complexity index is 483. The van der Waals surface area contributed by atoms with Crippen LogP contribution in [-0.2, 0) is 11.2 Å². The van der Waals surface area contributed by atoms with E-state index in [1.54, 1.807) is 12.1 Å². The molecule has 1 aromatic rings. The van der Waals surface area contributed by atoms with Gasteiger partial charge in [-0.3, -0.25) is 4.79 Å². The van der Waals surface area contributed by atoms with E-state index in [9.17, 15) is 9.18 Å². The minimum atomic E-state index is -0.292. The van der Waals surface area contributed by atoms with Crippen LogP contribution in [0.3, 0.4) is 0 Å². The molecule has 110 valence electrons. The summed E-state index contributed by atoms with van der Waals surface area (Å²) in [5.41, 5.74) is 0.845. The summed E-state index contributed by atoms with van der Waals surface area (Å²) in [6.45, 7) is 0. The van der Waals surface area contributed by atoms with Crippen molar-refractivity contribution in [2.45, 2.75) is 50.5 Å². The van der Waals surface area contributed by atoms with E-state index < -0.39 is 0 Å². The number of carbonyl (C=O) groups is 1. The predicted octanol–water partition coefficient (Wildman–Crippen LogP) is 4.01. The van der Waals surface area contributed by atoms with Gasteiger partial charge in [-0.25, -0.2) is 4.39 Å². The van der Waals surface area contributed by atoms with Gasteiger partial charge >= 0.3 is 0 Å². The fourth-order valence-electron chi connectivity index (χ4n) is 3.06. The lowest BCUT2D eigenvalue weighted by molar-refractivity contribution is -0.120. The van der Waals surface area contributed by atoms with Crippen LogP contribution < -0.4 is 5.32 Å². The monoisotopic (exact) mass is 341 g/mol. The highest BCUT2D eigenvalue weighted by atomic mass is 79.9. The summed E-state index contributed by atoms with van der Waals surface area (Å²) in [7, 11) is 1.95. The van der Waals surface area contributed by atoms with Crippen molar-refractivity contribution < 1.29 is 9.18 Å². The molecular formula is C16H21BrFNO. The van der Waals surface area contributed by atoms with E-state index in [-0.39, 0.29) is 17.1 Å². The van der Waals surface area contributed by atoms with Crippen molar-refractivity contribution in [3.05, 3.63) is 34.1 Å². The third-order valence-electron chi connectivity index (χ3n) is 4.26. The van der Waals surface area contributed by atoms with Gasteiger partial charge in [-0.2, -0.15) is 0 Å². The van der Waals surface area contributed by atoms with Gasteiger partial charge in [-0.15, -0.1) is 0 Å². The lowest BCUT2D eigenvalue weighted by atomic mass is 9.78. The molecule has 0 radical (unpaired) electrons. The first kappa shape index (κ1) is 15.6. The standard InChI is InChI=1S/C16H21BrFNO/c1-19-16(7-3-2-4-8-16)11-13(20)9-12-5-6-15(18)14(17)10-12/h5-6,10,19H,2-4,7-9,11H2,1H3. The second-order valence-corrected chi connectivity index (χ2v) is 6.59. The molecule has 4 heteroatoms. The Labute approximate surface area is 128 Å². The molecule has 0 spiro atoms. The zero-order valence-electron chi connectivity index (χ0n) is 11.8. The second-order valence-electron chi connectivity index (χ2n) is 5.73. The summed E-state index contributed by atoms with van der Waals surface area (Å²) in [4.78, 5) is 12.3. The summed E-state index contributed by atoms with van der Waals surface area (Å²) < 4.78 is 13.6. The van der Waals surface area contributed by atoms with E-state index >= 15 is 0 Å². The largest absolute Gasteiger partial charge is 0.314 e. The number of hydrogen-bond acceptors (Lipinski definition) is 2. The van der Waals surface area contributed by atoms with Crippen molar-refractivity contribution in [1.82, 2.24) is 5.32 Å². The summed E-state index contributed by atoms with van der Waals surface area (Å²) in [6, 6.07) is 4.78. The first-order valence-corrected chi connectivity index (χ1v) is 7.98. The Morgan fingerprint density at radius 1 is 1.35 bits per heavy atom. The highest BCUT2D eigenvalue weighted by Gasteiger charge is 2.32. The van der Waals surface area contributed by atoms with Crippen molar-refractivity contribution >= 4 is 21.7 Å². The first-order valence-electron chi connectivity index (χ1n) is 7.19. The molecular weight excluding hydrogens is 321 g/mol. The smallest absolute Gasteiger partial charge is 0.139 e. The Balaban J connectivity index is 1.98. The summed E-state index contributed by atoms with van der Waals surface area (Å²) in [5.74, 6) is -0.0695. The maximum absolute atomic E-state index is 13.2. The number of ketones is 1. The van der Waals surface area contributed by atoms with Crippen molar-refractivity contribution in [1.29, 1.82) is 0 Å². The van der Waals surface area contributed by atoms with Crippen LogP contribution in [0.4, 0.5) is 4.39 Å². The third kappa shape index (κ3) is 3.89. The lowest BCUT2D eigenvalue weighted by Crippen LogP contribution is -2.46. The molecule has 0 aromatic heterocycles. The number of rotatable bonds is 5. The molecule has 1 aromatic carbocycles. The zero-order valence-corrected chi connectivity index (χ0v) is 13.4. The quantitative estimate of drug-likeness (QED) is 0.876. The van der Waals surface area contributed by atoms with Crippen LogP contribution in [0, 0.1) is 5.82 Å². The van der Waals surface area contributed by atoms with Gasteiger partial charge in [-0.05, 0) is 53.5 Å². The van der Waals surface area contributed by atoms with Crippen LogP contribution in [0.15, 0.2) is 22.7 Å². The minimum absolute atomic E-state index is 0.0212. The summed E-state index contributed by atoms with van der Waals surface area (Å²) in [5, 5.41) is 3.36. The Hall–Kier alpha value is -0.740. The molecule has 1 saturated carbocycles. The molecule has 1 N–H and O–H groups in total. The van der Waals surface area contributed by atoms with Crippen molar-refractivity contribution in [3.8, 4) is 0 Å². The van der Waals surface area contributed by atoms with Crippen LogP contribution in [0.5, 0.6) is 0 Å². The molecule has 20 heavy (non-hydrogen) atoms. The maximum Gasteiger partial charge on any atom is 0.139 e. The average Bonchev–Trinajstić information content (AvgIpc) is 2.44. The number of Topliss-reactive ketones (excluding diaryl/α,β-unsaturated/α-hetero) is 1. The molecule has 1 aliphatic rings. The van der Waals surface area contributed by atoms with Crippen LogP contribution in [0.25, 0.3) is 0 Å². The number of halogens is 2. The summed E-state index contributed by atoms with van der Waals surface area (Å²) >= 11 is 3.16. The highest BCUT2D eigenvalue weighted by Crippen LogP contribution is 2.31. The average molecular weight is 342 g/mol. The van der Waals surface area contributed by atoms with Gasteiger partial charge in [0.05, 0.1) is 4.47 Å². The Morgan fingerprint density at radius 2 is 2.05 bits per heavy atom. The fraction of sp³-hybridized carbons (Fsp3) is 0.562. The SMILES string of the molecule is CNC1(CC(=O)Cc2ccc(F)c(Br)c2)CCCCC1. The molecule has 2 nitrogen and oxygen atoms in total. The van der Waals surface area contributed by atoms with Crippen LogP contribution in [-0.4, -0.2) is 18.4 Å². The van der Waals surface area contributed by atoms with E-state index in [1.165, 1.54) is 25.3 Å². The molecule has 0 saturated heterocycles. The lowest BCUT2D eigenvalue weighted by Gasteiger charge is -2.36. The molecule has 0 unspecified atom stereocenters. The molecule has 1 aliphatic carbocycles. The molecule has 0 amide bonds. The number of nitrogens with one attached hydrogen (secondary N) is 1. The molecule has 1 fully saturated rings. The normalized spacial score (nSPS) is 17.9. The van der Waals surface area contributed by atoms with Crippen LogP contribution in [0.2, 0.25) is 0 Å². The number of carbonyl (C=O) groups excluding carboxylic acids is 1. The van der Waals surface area contributed by atoms with Crippen LogP contribution in [0.1, 0.15) is 44.1 Å². The number of hydrogen-bond donors (Lipinski definition) is 1. The minimum Gasteiger partial charge on any atom is -0.314 e. The van der Waals surface area contributed by atoms with E-state index in [2.05, 4.69) is 21.2 Å². The Kier molecular flexibility index (Phi) is 5.33. The maximum atomic E-state index is 13.2. The Morgan fingerprint density at radius 3 is 2.65 bits per heavy atom. The van der Waals surface area contributed by atoms with E-state index in [0.717, 1.165) is 18.4 Å². The summed E-state index contributed by atoms with van der Waals surface area (Å²) in [6.07, 6.45) is 6.74. The highest BCUT2D eigenvalue weighted by molar-refractivity contribution is 9.10. The topological polar surface area (TPSA) is 29.1 Å². The first-order chi connectivity index (χ1) is 9.54. The zero-order chi connectivity index (χ0) is 14.6. The second kappa shape index (κ2) is 6.81.